The monoisotopic (exact) mass is 378 g/mol. The molecule has 1 amide bonds. The molecule has 1 aliphatic rings. The summed E-state index contributed by atoms with van der Waals surface area (Å²) in [6.07, 6.45) is 0.704. The number of carbonyl (C=O) groups is 1. The summed E-state index contributed by atoms with van der Waals surface area (Å²) in [6, 6.07) is 12.9. The van der Waals surface area contributed by atoms with E-state index in [9.17, 15) is 14.4 Å². The molecular weight excluding hydrogens is 356 g/mol. The van der Waals surface area contributed by atoms with Crippen LogP contribution in [0, 0.1) is 5.92 Å². The SMILES string of the molecule is CN(C)c1ccccc1C(=O)NCC1Cc2cccc3c(=O)[nH]c(=O)n(c23)C1. The molecule has 0 fully saturated rings. The van der Waals surface area contributed by atoms with Crippen molar-refractivity contribution < 1.29 is 4.79 Å². The predicted molar refractivity (Wildman–Crippen MR) is 109 cm³/mol. The molecule has 1 atom stereocenters. The number of nitrogens with zero attached hydrogens (tertiary/aromatic N) is 2. The van der Waals surface area contributed by atoms with Crippen molar-refractivity contribution in [2.75, 3.05) is 25.5 Å². The molecule has 0 spiro atoms. The Morgan fingerprint density at radius 2 is 1.96 bits per heavy atom. The molecule has 1 aliphatic heterocycles. The van der Waals surface area contributed by atoms with Crippen LogP contribution in [-0.4, -0.2) is 36.1 Å². The molecule has 2 N–H and O–H groups in total. The van der Waals surface area contributed by atoms with Crippen molar-refractivity contribution >= 4 is 22.5 Å². The Morgan fingerprint density at radius 3 is 2.75 bits per heavy atom. The van der Waals surface area contributed by atoms with E-state index >= 15 is 0 Å². The number of H-pyrrole nitrogens is 1. The summed E-state index contributed by atoms with van der Waals surface area (Å²) in [5.74, 6) is -0.0701. The Balaban J connectivity index is 1.56. The highest BCUT2D eigenvalue weighted by Gasteiger charge is 2.23. The smallest absolute Gasteiger partial charge is 0.328 e. The summed E-state index contributed by atoms with van der Waals surface area (Å²) >= 11 is 0. The van der Waals surface area contributed by atoms with Crippen LogP contribution in [0.15, 0.2) is 52.1 Å². The molecule has 1 aromatic heterocycles. The number of aromatic nitrogens is 2. The number of benzene rings is 2. The lowest BCUT2D eigenvalue weighted by atomic mass is 9.93. The summed E-state index contributed by atoms with van der Waals surface area (Å²) in [5.41, 5.74) is 2.38. The lowest BCUT2D eigenvalue weighted by Crippen LogP contribution is -2.40. The number of anilines is 1. The van der Waals surface area contributed by atoms with Gasteiger partial charge in [-0.15, -0.1) is 0 Å². The van der Waals surface area contributed by atoms with E-state index in [1.807, 2.05) is 49.3 Å². The fourth-order valence-corrected chi connectivity index (χ4v) is 3.92. The average Bonchev–Trinajstić information content (AvgIpc) is 2.69. The van der Waals surface area contributed by atoms with E-state index in [0.717, 1.165) is 11.3 Å². The number of aromatic amines is 1. The van der Waals surface area contributed by atoms with E-state index in [2.05, 4.69) is 10.3 Å². The molecule has 4 rings (SSSR count). The van der Waals surface area contributed by atoms with Crippen molar-refractivity contribution in [3.8, 4) is 0 Å². The summed E-state index contributed by atoms with van der Waals surface area (Å²) in [6.45, 7) is 0.903. The molecule has 0 saturated heterocycles. The van der Waals surface area contributed by atoms with Crippen molar-refractivity contribution in [3.05, 3.63) is 74.4 Å². The minimum Gasteiger partial charge on any atom is -0.377 e. The van der Waals surface area contributed by atoms with Crippen LogP contribution in [0.1, 0.15) is 15.9 Å². The number of rotatable bonds is 4. The Bertz CT molecular complexity index is 1180. The van der Waals surface area contributed by atoms with E-state index in [0.29, 0.717) is 36.0 Å². The minimum absolute atomic E-state index is 0.0668. The molecule has 2 heterocycles. The van der Waals surface area contributed by atoms with E-state index < -0.39 is 5.69 Å². The van der Waals surface area contributed by atoms with Gasteiger partial charge in [-0.25, -0.2) is 4.79 Å². The largest absolute Gasteiger partial charge is 0.377 e. The second kappa shape index (κ2) is 6.99. The Hall–Kier alpha value is -3.35. The first kappa shape index (κ1) is 18.0. The second-order valence-corrected chi connectivity index (χ2v) is 7.37. The van der Waals surface area contributed by atoms with Gasteiger partial charge in [0.2, 0.25) is 0 Å². The highest BCUT2D eigenvalue weighted by molar-refractivity contribution is 5.99. The van der Waals surface area contributed by atoms with Crippen LogP contribution in [0.25, 0.3) is 10.9 Å². The molecular formula is C21H22N4O3. The van der Waals surface area contributed by atoms with E-state index in [1.54, 1.807) is 16.7 Å². The second-order valence-electron chi connectivity index (χ2n) is 7.37. The Morgan fingerprint density at radius 1 is 1.18 bits per heavy atom. The quantitative estimate of drug-likeness (QED) is 0.718. The van der Waals surface area contributed by atoms with Crippen LogP contribution >= 0.6 is 0 Å². The maximum atomic E-state index is 12.7. The van der Waals surface area contributed by atoms with E-state index in [4.69, 9.17) is 0 Å². The minimum atomic E-state index is -0.404. The van der Waals surface area contributed by atoms with Gasteiger partial charge in [-0.1, -0.05) is 24.3 Å². The van der Waals surface area contributed by atoms with Gasteiger partial charge in [0.15, 0.2) is 0 Å². The topological polar surface area (TPSA) is 87.2 Å². The number of carbonyl (C=O) groups excluding carboxylic acids is 1. The Labute approximate surface area is 161 Å². The van der Waals surface area contributed by atoms with Crippen molar-refractivity contribution in [1.82, 2.24) is 14.9 Å². The lowest BCUT2D eigenvalue weighted by molar-refractivity contribution is 0.0945. The fourth-order valence-electron chi connectivity index (χ4n) is 3.92. The molecule has 0 saturated carbocycles. The maximum Gasteiger partial charge on any atom is 0.328 e. The third-order valence-corrected chi connectivity index (χ3v) is 5.23. The molecule has 7 nitrogen and oxygen atoms in total. The normalized spacial score (nSPS) is 15.4. The van der Waals surface area contributed by atoms with Gasteiger partial charge in [-0.05, 0) is 36.1 Å². The van der Waals surface area contributed by atoms with Gasteiger partial charge in [-0.3, -0.25) is 19.1 Å². The fraction of sp³-hybridized carbons (Fsp3) is 0.286. The number of hydrogen-bond donors (Lipinski definition) is 2. The third kappa shape index (κ3) is 3.09. The van der Waals surface area contributed by atoms with Gasteiger partial charge in [-0.2, -0.15) is 0 Å². The van der Waals surface area contributed by atoms with Crippen LogP contribution in [0.2, 0.25) is 0 Å². The van der Waals surface area contributed by atoms with Crippen molar-refractivity contribution in [3.63, 3.8) is 0 Å². The van der Waals surface area contributed by atoms with Gasteiger partial charge >= 0.3 is 5.69 Å². The Kier molecular flexibility index (Phi) is 4.50. The van der Waals surface area contributed by atoms with Gasteiger partial charge in [0, 0.05) is 32.9 Å². The number of para-hydroxylation sites is 2. The standard InChI is InChI=1S/C21H22N4O3/c1-24(2)17-9-4-3-7-15(17)19(26)22-11-13-10-14-6-5-8-16-18(14)25(12-13)21(28)23-20(16)27/h3-9,13H,10-12H2,1-2H3,(H,22,26)(H,23,27,28). The average molecular weight is 378 g/mol. The third-order valence-electron chi connectivity index (χ3n) is 5.23. The van der Waals surface area contributed by atoms with Crippen LogP contribution < -0.4 is 21.5 Å². The van der Waals surface area contributed by atoms with E-state index in [1.165, 1.54) is 0 Å². The summed E-state index contributed by atoms with van der Waals surface area (Å²) in [4.78, 5) is 41.4. The first-order valence-electron chi connectivity index (χ1n) is 9.25. The van der Waals surface area contributed by atoms with Gasteiger partial charge in [0.1, 0.15) is 0 Å². The maximum absolute atomic E-state index is 12.7. The molecule has 28 heavy (non-hydrogen) atoms. The lowest BCUT2D eigenvalue weighted by Gasteiger charge is -2.26. The molecule has 2 aromatic carbocycles. The first-order chi connectivity index (χ1) is 13.5. The predicted octanol–water partition coefficient (Wildman–Crippen LogP) is 1.36. The van der Waals surface area contributed by atoms with Crippen molar-refractivity contribution in [2.24, 2.45) is 5.92 Å². The van der Waals surface area contributed by atoms with Crippen LogP contribution in [0.5, 0.6) is 0 Å². The molecule has 0 bridgehead atoms. The molecule has 7 heteroatoms. The van der Waals surface area contributed by atoms with Crippen molar-refractivity contribution in [1.29, 1.82) is 0 Å². The summed E-state index contributed by atoms with van der Waals surface area (Å²) in [5, 5.41) is 3.53. The first-order valence-corrected chi connectivity index (χ1v) is 9.25. The number of hydrogen-bond acceptors (Lipinski definition) is 4. The zero-order valence-corrected chi connectivity index (χ0v) is 15.9. The molecule has 0 radical (unpaired) electrons. The molecule has 3 aromatic rings. The van der Waals surface area contributed by atoms with Crippen LogP contribution in [0.4, 0.5) is 5.69 Å². The molecule has 0 aliphatic carbocycles. The van der Waals surface area contributed by atoms with Gasteiger partial charge in [0.25, 0.3) is 11.5 Å². The van der Waals surface area contributed by atoms with Crippen LogP contribution in [-0.2, 0) is 13.0 Å². The van der Waals surface area contributed by atoms with Crippen LogP contribution in [0.3, 0.4) is 0 Å². The van der Waals surface area contributed by atoms with Gasteiger partial charge < -0.3 is 10.2 Å². The van der Waals surface area contributed by atoms with Gasteiger partial charge in [0.05, 0.1) is 16.5 Å². The van der Waals surface area contributed by atoms with E-state index in [-0.39, 0.29) is 17.4 Å². The summed E-state index contributed by atoms with van der Waals surface area (Å²) < 4.78 is 1.61. The van der Waals surface area contributed by atoms with Crippen molar-refractivity contribution in [2.45, 2.75) is 13.0 Å². The zero-order chi connectivity index (χ0) is 19.8. The summed E-state index contributed by atoms with van der Waals surface area (Å²) in [7, 11) is 3.80. The number of nitrogens with one attached hydrogen (secondary N) is 2. The molecule has 1 unspecified atom stereocenters. The number of amides is 1. The zero-order valence-electron chi connectivity index (χ0n) is 15.9. The molecule has 144 valence electrons. The highest BCUT2D eigenvalue weighted by Crippen LogP contribution is 2.24. The highest BCUT2D eigenvalue weighted by atomic mass is 16.2.